The van der Waals surface area contributed by atoms with Crippen molar-refractivity contribution >= 4 is 12.0 Å². The summed E-state index contributed by atoms with van der Waals surface area (Å²) in [5.41, 5.74) is 0.439. The number of aliphatic carboxylic acids is 1. The lowest BCUT2D eigenvalue weighted by Crippen LogP contribution is -2.51. The summed E-state index contributed by atoms with van der Waals surface area (Å²) < 4.78 is 34.4. The molecule has 2 heterocycles. The van der Waals surface area contributed by atoms with Gasteiger partial charge in [0.05, 0.1) is 13.2 Å². The van der Waals surface area contributed by atoms with Crippen molar-refractivity contribution in [2.45, 2.75) is 19.1 Å². The van der Waals surface area contributed by atoms with Crippen molar-refractivity contribution in [1.82, 2.24) is 15.2 Å². The minimum absolute atomic E-state index is 0.0142. The molecule has 2 amide bonds. The molecular formula is C14H17F2N3O5. The summed E-state index contributed by atoms with van der Waals surface area (Å²) in [6.45, 7) is -0.456. The summed E-state index contributed by atoms with van der Waals surface area (Å²) in [5.74, 6) is -1.12. The molecule has 0 spiro atoms. The first-order valence-corrected chi connectivity index (χ1v) is 7.19. The van der Waals surface area contributed by atoms with Crippen molar-refractivity contribution in [3.8, 4) is 5.88 Å². The van der Waals surface area contributed by atoms with Crippen LogP contribution in [0.4, 0.5) is 13.6 Å². The zero-order valence-corrected chi connectivity index (χ0v) is 12.7. The lowest BCUT2D eigenvalue weighted by Gasteiger charge is -2.30. The van der Waals surface area contributed by atoms with Gasteiger partial charge in [-0.2, -0.15) is 0 Å². The lowest BCUT2D eigenvalue weighted by molar-refractivity contribution is -0.154. The third-order valence-corrected chi connectivity index (χ3v) is 3.26. The summed E-state index contributed by atoms with van der Waals surface area (Å²) in [7, 11) is 0. The molecule has 1 aliphatic rings. The molecule has 10 heteroatoms. The molecule has 0 saturated carbocycles. The van der Waals surface area contributed by atoms with Crippen molar-refractivity contribution in [1.29, 1.82) is 0 Å². The summed E-state index contributed by atoms with van der Waals surface area (Å²) >= 11 is 0. The number of rotatable bonds is 6. The van der Waals surface area contributed by atoms with E-state index in [0.717, 1.165) is 0 Å². The van der Waals surface area contributed by atoms with Crippen LogP contribution in [0, 0.1) is 0 Å². The Bertz CT molecular complexity index is 587. The number of carboxylic acid groups (broad SMARTS) is 1. The molecule has 2 N–H and O–H groups in total. The van der Waals surface area contributed by atoms with Crippen LogP contribution in [0.3, 0.4) is 0 Å². The van der Waals surface area contributed by atoms with E-state index in [-0.39, 0.29) is 32.1 Å². The van der Waals surface area contributed by atoms with E-state index in [9.17, 15) is 18.4 Å². The van der Waals surface area contributed by atoms with Crippen molar-refractivity contribution in [2.75, 3.05) is 26.3 Å². The average molecular weight is 345 g/mol. The number of pyridine rings is 1. The zero-order valence-electron chi connectivity index (χ0n) is 12.7. The molecule has 1 fully saturated rings. The number of carbonyl (C=O) groups excluding carboxylic acids is 1. The highest BCUT2D eigenvalue weighted by Crippen LogP contribution is 2.15. The molecular weight excluding hydrogens is 328 g/mol. The first-order chi connectivity index (χ1) is 11.5. The van der Waals surface area contributed by atoms with E-state index in [2.05, 4.69) is 10.3 Å². The topological polar surface area (TPSA) is 101 Å². The Hall–Kier alpha value is -2.49. The summed E-state index contributed by atoms with van der Waals surface area (Å²) in [4.78, 5) is 28.2. The number of amides is 2. The average Bonchev–Trinajstić information content (AvgIpc) is 2.58. The smallest absolute Gasteiger partial charge is 0.334 e. The number of ether oxygens (including phenoxy) is 2. The van der Waals surface area contributed by atoms with Gasteiger partial charge in [-0.3, -0.25) is 0 Å². The normalized spacial score (nSPS) is 17.6. The fourth-order valence-corrected chi connectivity index (χ4v) is 2.10. The number of morpholine rings is 1. The van der Waals surface area contributed by atoms with Crippen LogP contribution in [-0.2, 0) is 16.1 Å². The lowest BCUT2D eigenvalue weighted by atomic mass is 10.2. The van der Waals surface area contributed by atoms with Crippen molar-refractivity contribution in [3.63, 3.8) is 0 Å². The second-order valence-electron chi connectivity index (χ2n) is 4.97. The minimum atomic E-state index is -2.63. The van der Waals surface area contributed by atoms with Gasteiger partial charge in [-0.15, -0.1) is 0 Å². The van der Waals surface area contributed by atoms with Gasteiger partial charge in [0.1, 0.15) is 0 Å². The van der Waals surface area contributed by atoms with Crippen LogP contribution in [0.25, 0.3) is 0 Å². The predicted octanol–water partition coefficient (Wildman–Crippen LogP) is 0.720. The Morgan fingerprint density at radius 3 is 3.04 bits per heavy atom. The molecule has 0 radical (unpaired) electrons. The second kappa shape index (κ2) is 8.39. The molecule has 1 unspecified atom stereocenters. The van der Waals surface area contributed by atoms with Crippen LogP contribution in [-0.4, -0.2) is 65.8 Å². The highest BCUT2D eigenvalue weighted by molar-refractivity contribution is 5.77. The van der Waals surface area contributed by atoms with Crippen LogP contribution in [0.15, 0.2) is 18.3 Å². The number of halogens is 2. The number of aromatic nitrogens is 1. The van der Waals surface area contributed by atoms with Gasteiger partial charge in [0.2, 0.25) is 5.88 Å². The molecule has 0 bridgehead atoms. The highest BCUT2D eigenvalue weighted by atomic mass is 19.3. The molecule has 132 valence electrons. The molecule has 0 aromatic carbocycles. The van der Waals surface area contributed by atoms with Crippen molar-refractivity contribution in [2.24, 2.45) is 0 Å². The SMILES string of the molecule is O=C(O)C1CN(C(=O)NCc2cccnc2OCC(F)F)CCO1. The van der Waals surface area contributed by atoms with Gasteiger partial charge in [-0.05, 0) is 6.07 Å². The van der Waals surface area contributed by atoms with Gasteiger partial charge in [-0.25, -0.2) is 23.4 Å². The number of nitrogens with one attached hydrogen (secondary N) is 1. The van der Waals surface area contributed by atoms with Gasteiger partial charge >= 0.3 is 12.0 Å². The molecule has 1 aromatic heterocycles. The molecule has 0 aliphatic carbocycles. The van der Waals surface area contributed by atoms with Crippen LogP contribution in [0.2, 0.25) is 0 Å². The Balaban J connectivity index is 1.90. The maximum absolute atomic E-state index is 12.2. The second-order valence-corrected chi connectivity index (χ2v) is 4.97. The summed E-state index contributed by atoms with van der Waals surface area (Å²) in [6, 6.07) is 2.70. The Morgan fingerprint density at radius 1 is 1.54 bits per heavy atom. The molecule has 24 heavy (non-hydrogen) atoms. The van der Waals surface area contributed by atoms with Crippen LogP contribution in [0.5, 0.6) is 5.88 Å². The molecule has 8 nitrogen and oxygen atoms in total. The third kappa shape index (κ3) is 5.01. The number of hydrogen-bond donors (Lipinski definition) is 2. The maximum Gasteiger partial charge on any atom is 0.334 e. The summed E-state index contributed by atoms with van der Waals surface area (Å²) in [5, 5.41) is 11.5. The van der Waals surface area contributed by atoms with Crippen molar-refractivity contribution in [3.05, 3.63) is 23.9 Å². The van der Waals surface area contributed by atoms with E-state index in [1.54, 1.807) is 12.1 Å². The largest absolute Gasteiger partial charge is 0.479 e. The van der Waals surface area contributed by atoms with Gasteiger partial charge in [0.15, 0.2) is 12.7 Å². The van der Waals surface area contributed by atoms with Gasteiger partial charge in [0, 0.05) is 24.8 Å². The number of urea groups is 1. The van der Waals surface area contributed by atoms with E-state index in [4.69, 9.17) is 14.6 Å². The fourth-order valence-electron chi connectivity index (χ4n) is 2.10. The molecule has 1 atom stereocenters. The van der Waals surface area contributed by atoms with E-state index in [0.29, 0.717) is 5.56 Å². The molecule has 2 rings (SSSR count). The number of hydrogen-bond acceptors (Lipinski definition) is 5. The number of carboxylic acids is 1. The molecule has 1 saturated heterocycles. The van der Waals surface area contributed by atoms with E-state index in [1.165, 1.54) is 11.1 Å². The van der Waals surface area contributed by atoms with Gasteiger partial charge < -0.3 is 24.8 Å². The highest BCUT2D eigenvalue weighted by Gasteiger charge is 2.28. The zero-order chi connectivity index (χ0) is 17.5. The van der Waals surface area contributed by atoms with Crippen LogP contribution < -0.4 is 10.1 Å². The van der Waals surface area contributed by atoms with E-state index < -0.39 is 31.1 Å². The number of carbonyl (C=O) groups is 2. The maximum atomic E-state index is 12.2. The van der Waals surface area contributed by atoms with Crippen molar-refractivity contribution < 1.29 is 33.0 Å². The van der Waals surface area contributed by atoms with E-state index in [1.807, 2.05) is 0 Å². The Labute approximate surface area is 136 Å². The summed E-state index contributed by atoms with van der Waals surface area (Å²) in [6.07, 6.45) is -2.30. The van der Waals surface area contributed by atoms with Crippen LogP contribution >= 0.6 is 0 Å². The fraction of sp³-hybridized carbons (Fsp3) is 0.500. The van der Waals surface area contributed by atoms with Crippen LogP contribution in [0.1, 0.15) is 5.56 Å². The van der Waals surface area contributed by atoms with Gasteiger partial charge in [0.25, 0.3) is 6.43 Å². The standard InChI is InChI=1S/C14H17F2N3O5/c15-11(16)8-24-12-9(2-1-3-17-12)6-18-14(22)19-4-5-23-10(7-19)13(20)21/h1-3,10-11H,4-8H2,(H,18,22)(H,20,21). The third-order valence-electron chi connectivity index (χ3n) is 3.26. The monoisotopic (exact) mass is 345 g/mol. The first-order valence-electron chi connectivity index (χ1n) is 7.19. The Kier molecular flexibility index (Phi) is 6.24. The molecule has 1 aromatic rings. The minimum Gasteiger partial charge on any atom is -0.479 e. The number of alkyl halides is 2. The Morgan fingerprint density at radius 2 is 2.33 bits per heavy atom. The van der Waals surface area contributed by atoms with Gasteiger partial charge in [-0.1, -0.05) is 6.07 Å². The van der Waals surface area contributed by atoms with E-state index >= 15 is 0 Å². The predicted molar refractivity (Wildman–Crippen MR) is 76.9 cm³/mol. The number of nitrogens with zero attached hydrogens (tertiary/aromatic N) is 2. The first kappa shape index (κ1) is 17.9. The molecule has 1 aliphatic heterocycles. The quantitative estimate of drug-likeness (QED) is 0.788.